The molecule has 0 aliphatic carbocycles. The van der Waals surface area contributed by atoms with Gasteiger partial charge in [0.1, 0.15) is 0 Å². The summed E-state index contributed by atoms with van der Waals surface area (Å²) < 4.78 is 10.3. The quantitative estimate of drug-likeness (QED) is 0.681. The van der Waals surface area contributed by atoms with Crippen LogP contribution in [0.4, 0.5) is 17.8 Å². The van der Waals surface area contributed by atoms with Gasteiger partial charge in [-0.2, -0.15) is 15.0 Å². The maximum Gasteiger partial charge on any atom is 0.232 e. The first-order chi connectivity index (χ1) is 9.29. The summed E-state index contributed by atoms with van der Waals surface area (Å²) in [5.74, 6) is 1.33. The Labute approximate surface area is 112 Å². The van der Waals surface area contributed by atoms with Crippen LogP contribution in [0.1, 0.15) is 6.42 Å². The van der Waals surface area contributed by atoms with Crippen LogP contribution in [-0.2, 0) is 9.47 Å². The van der Waals surface area contributed by atoms with Gasteiger partial charge in [0.2, 0.25) is 17.8 Å². The van der Waals surface area contributed by atoms with Crippen LogP contribution in [-0.4, -0.2) is 61.5 Å². The zero-order valence-electron chi connectivity index (χ0n) is 11.1. The number of hydrogen-bond donors (Lipinski definition) is 2. The second-order valence-electron chi connectivity index (χ2n) is 4.19. The molecule has 0 atom stereocenters. The first kappa shape index (κ1) is 13.8. The third-order valence-corrected chi connectivity index (χ3v) is 2.74. The number of aromatic nitrogens is 3. The fraction of sp³-hybridized carbons (Fsp3) is 0.727. The third-order valence-electron chi connectivity index (χ3n) is 2.74. The van der Waals surface area contributed by atoms with Gasteiger partial charge in [-0.15, -0.1) is 0 Å². The lowest BCUT2D eigenvalue weighted by Crippen LogP contribution is -2.37. The summed E-state index contributed by atoms with van der Waals surface area (Å²) in [4.78, 5) is 14.6. The molecule has 2 rings (SSSR count). The molecular formula is C11H20N6O2. The van der Waals surface area contributed by atoms with Crippen LogP contribution < -0.4 is 16.0 Å². The van der Waals surface area contributed by atoms with Gasteiger partial charge in [-0.05, 0) is 6.42 Å². The van der Waals surface area contributed by atoms with Crippen LogP contribution in [0.15, 0.2) is 0 Å². The lowest BCUT2D eigenvalue weighted by molar-refractivity contribution is 0.122. The van der Waals surface area contributed by atoms with E-state index in [1.54, 1.807) is 7.11 Å². The van der Waals surface area contributed by atoms with E-state index in [0.29, 0.717) is 31.7 Å². The SMILES string of the molecule is COCCCNc1nc(N)nc(N2CCOCC2)n1. The molecule has 0 spiro atoms. The summed E-state index contributed by atoms with van der Waals surface area (Å²) in [5, 5.41) is 3.12. The number of nitrogen functional groups attached to an aromatic ring is 1. The summed E-state index contributed by atoms with van der Waals surface area (Å²) in [6.07, 6.45) is 0.884. The van der Waals surface area contributed by atoms with Crippen molar-refractivity contribution < 1.29 is 9.47 Å². The number of anilines is 3. The van der Waals surface area contributed by atoms with Crippen LogP contribution in [0.5, 0.6) is 0 Å². The number of morpholine rings is 1. The van der Waals surface area contributed by atoms with Crippen LogP contribution >= 0.6 is 0 Å². The Bertz CT molecular complexity index is 397. The van der Waals surface area contributed by atoms with E-state index in [9.17, 15) is 0 Å². The molecule has 1 aromatic heterocycles. The fourth-order valence-electron chi connectivity index (χ4n) is 1.78. The van der Waals surface area contributed by atoms with Crippen LogP contribution in [0.3, 0.4) is 0 Å². The van der Waals surface area contributed by atoms with Crippen molar-refractivity contribution in [3.8, 4) is 0 Å². The van der Waals surface area contributed by atoms with Gasteiger partial charge in [-0.1, -0.05) is 0 Å². The second kappa shape index (κ2) is 7.05. The molecule has 0 radical (unpaired) electrons. The largest absolute Gasteiger partial charge is 0.385 e. The van der Waals surface area contributed by atoms with E-state index < -0.39 is 0 Å². The van der Waals surface area contributed by atoms with E-state index in [1.165, 1.54) is 0 Å². The van der Waals surface area contributed by atoms with Gasteiger partial charge in [0.15, 0.2) is 0 Å². The molecule has 1 aromatic rings. The van der Waals surface area contributed by atoms with E-state index >= 15 is 0 Å². The highest BCUT2D eigenvalue weighted by atomic mass is 16.5. The summed E-state index contributed by atoms with van der Waals surface area (Å²) in [5.41, 5.74) is 5.71. The molecule has 0 bridgehead atoms. The van der Waals surface area contributed by atoms with E-state index in [0.717, 1.165) is 26.1 Å². The maximum atomic E-state index is 5.71. The molecule has 0 aromatic carbocycles. The average Bonchev–Trinajstić information content (AvgIpc) is 2.44. The number of nitrogens with one attached hydrogen (secondary N) is 1. The zero-order chi connectivity index (χ0) is 13.5. The van der Waals surface area contributed by atoms with Crippen molar-refractivity contribution in [1.82, 2.24) is 15.0 Å². The minimum atomic E-state index is 0.228. The predicted octanol–water partition coefficient (Wildman–Crippen LogP) is -0.261. The molecule has 106 valence electrons. The number of methoxy groups -OCH3 is 1. The van der Waals surface area contributed by atoms with Gasteiger partial charge in [0, 0.05) is 33.4 Å². The van der Waals surface area contributed by atoms with Crippen LogP contribution in [0, 0.1) is 0 Å². The van der Waals surface area contributed by atoms with E-state index in [1.807, 2.05) is 4.90 Å². The van der Waals surface area contributed by atoms with Crippen molar-refractivity contribution >= 4 is 17.8 Å². The standard InChI is InChI=1S/C11H20N6O2/c1-18-6-2-3-13-10-14-9(12)15-11(16-10)17-4-7-19-8-5-17/h2-8H2,1H3,(H3,12,13,14,15,16). The van der Waals surface area contributed by atoms with Crippen molar-refractivity contribution in [3.05, 3.63) is 0 Å². The van der Waals surface area contributed by atoms with Crippen molar-refractivity contribution in [1.29, 1.82) is 0 Å². The Morgan fingerprint density at radius 2 is 2.11 bits per heavy atom. The number of rotatable bonds is 6. The van der Waals surface area contributed by atoms with Crippen LogP contribution in [0.25, 0.3) is 0 Å². The Morgan fingerprint density at radius 3 is 2.84 bits per heavy atom. The summed E-state index contributed by atoms with van der Waals surface area (Å²) >= 11 is 0. The van der Waals surface area contributed by atoms with Gasteiger partial charge in [0.25, 0.3) is 0 Å². The maximum absolute atomic E-state index is 5.71. The first-order valence-corrected chi connectivity index (χ1v) is 6.36. The third kappa shape index (κ3) is 4.18. The topological polar surface area (TPSA) is 98.4 Å². The molecule has 3 N–H and O–H groups in total. The predicted molar refractivity (Wildman–Crippen MR) is 72.3 cm³/mol. The molecule has 1 aliphatic rings. The van der Waals surface area contributed by atoms with Gasteiger partial charge in [-0.25, -0.2) is 0 Å². The van der Waals surface area contributed by atoms with Crippen molar-refractivity contribution in [2.24, 2.45) is 0 Å². The molecule has 0 unspecified atom stereocenters. The van der Waals surface area contributed by atoms with E-state index in [4.69, 9.17) is 15.2 Å². The minimum Gasteiger partial charge on any atom is -0.385 e. The second-order valence-corrected chi connectivity index (χ2v) is 4.19. The molecule has 8 heteroatoms. The first-order valence-electron chi connectivity index (χ1n) is 6.36. The van der Waals surface area contributed by atoms with Crippen molar-refractivity contribution in [3.63, 3.8) is 0 Å². The molecule has 1 saturated heterocycles. The highest BCUT2D eigenvalue weighted by molar-refractivity contribution is 5.42. The Hall–Kier alpha value is -1.67. The smallest absolute Gasteiger partial charge is 0.232 e. The number of nitrogens with two attached hydrogens (primary N) is 1. The lowest BCUT2D eigenvalue weighted by Gasteiger charge is -2.26. The Kier molecular flexibility index (Phi) is 5.10. The normalized spacial score (nSPS) is 15.5. The van der Waals surface area contributed by atoms with Gasteiger partial charge < -0.3 is 25.4 Å². The van der Waals surface area contributed by atoms with Crippen molar-refractivity contribution in [2.45, 2.75) is 6.42 Å². The molecule has 1 aliphatic heterocycles. The highest BCUT2D eigenvalue weighted by Gasteiger charge is 2.15. The van der Waals surface area contributed by atoms with Gasteiger partial charge >= 0.3 is 0 Å². The summed E-state index contributed by atoms with van der Waals surface area (Å²) in [6.45, 7) is 4.34. The minimum absolute atomic E-state index is 0.228. The molecular weight excluding hydrogens is 248 g/mol. The van der Waals surface area contributed by atoms with Gasteiger partial charge in [-0.3, -0.25) is 0 Å². The molecule has 2 heterocycles. The summed E-state index contributed by atoms with van der Waals surface area (Å²) in [6, 6.07) is 0. The molecule has 8 nitrogen and oxygen atoms in total. The van der Waals surface area contributed by atoms with Crippen LogP contribution in [0.2, 0.25) is 0 Å². The highest BCUT2D eigenvalue weighted by Crippen LogP contribution is 2.13. The van der Waals surface area contributed by atoms with Crippen molar-refractivity contribution in [2.75, 3.05) is 62.5 Å². The number of ether oxygens (including phenoxy) is 2. The molecule has 0 amide bonds. The van der Waals surface area contributed by atoms with E-state index in [2.05, 4.69) is 20.3 Å². The van der Waals surface area contributed by atoms with Gasteiger partial charge in [0.05, 0.1) is 13.2 Å². The molecule has 1 fully saturated rings. The number of nitrogens with zero attached hydrogens (tertiary/aromatic N) is 4. The lowest BCUT2D eigenvalue weighted by atomic mass is 10.4. The summed E-state index contributed by atoms with van der Waals surface area (Å²) in [7, 11) is 1.68. The number of hydrogen-bond acceptors (Lipinski definition) is 8. The average molecular weight is 268 g/mol. The Morgan fingerprint density at radius 1 is 1.32 bits per heavy atom. The molecule has 19 heavy (non-hydrogen) atoms. The monoisotopic (exact) mass is 268 g/mol. The Balaban J connectivity index is 1.97. The fourth-order valence-corrected chi connectivity index (χ4v) is 1.78. The molecule has 0 saturated carbocycles. The van der Waals surface area contributed by atoms with E-state index in [-0.39, 0.29) is 5.95 Å². The zero-order valence-corrected chi connectivity index (χ0v) is 11.1.